The van der Waals surface area contributed by atoms with Crippen LogP contribution in [0.1, 0.15) is 15.9 Å². The zero-order valence-electron chi connectivity index (χ0n) is 19.8. The number of urea groups is 1. The first-order valence-electron chi connectivity index (χ1n) is 11.3. The second-order valence-electron chi connectivity index (χ2n) is 8.32. The molecule has 6 N–H and O–H groups in total. The number of nitrogens with one attached hydrogen (secondary N) is 2. The molecule has 0 fully saturated rings. The number of carbonyl (C=O) groups excluding carboxylic acids is 2. The lowest BCUT2D eigenvalue weighted by molar-refractivity contribution is 0.0958. The first-order valence-corrected chi connectivity index (χ1v) is 12.2. The van der Waals surface area contributed by atoms with Crippen LogP contribution in [-0.4, -0.2) is 26.7 Å². The number of amides is 2. The Morgan fingerprint density at radius 1 is 1.03 bits per heavy atom. The lowest BCUT2D eigenvalue weighted by Gasteiger charge is -2.09. The van der Waals surface area contributed by atoms with E-state index in [1.54, 1.807) is 18.3 Å². The van der Waals surface area contributed by atoms with Gasteiger partial charge in [0.1, 0.15) is 11.6 Å². The van der Waals surface area contributed by atoms with Gasteiger partial charge < -0.3 is 22.1 Å². The van der Waals surface area contributed by atoms with Crippen LogP contribution in [0, 0.1) is 6.92 Å². The van der Waals surface area contributed by atoms with Crippen molar-refractivity contribution < 1.29 is 9.59 Å². The molecule has 0 bridgehead atoms. The predicted molar refractivity (Wildman–Crippen MR) is 150 cm³/mol. The summed E-state index contributed by atoms with van der Waals surface area (Å²) in [6.07, 6.45) is 6.18. The van der Waals surface area contributed by atoms with Crippen LogP contribution >= 0.6 is 11.3 Å². The van der Waals surface area contributed by atoms with Crippen LogP contribution in [0.5, 0.6) is 0 Å². The third kappa shape index (κ3) is 5.04. The van der Waals surface area contributed by atoms with E-state index >= 15 is 0 Å². The zero-order valence-corrected chi connectivity index (χ0v) is 20.6. The molecule has 10 heteroatoms. The molecule has 2 aromatic carbocycles. The third-order valence-corrected chi connectivity index (χ3v) is 6.70. The van der Waals surface area contributed by atoms with E-state index in [9.17, 15) is 9.59 Å². The molecule has 0 aliphatic carbocycles. The van der Waals surface area contributed by atoms with Gasteiger partial charge in [0.2, 0.25) is 0 Å². The summed E-state index contributed by atoms with van der Waals surface area (Å²) in [4.78, 5) is 29.1. The average Bonchev–Trinajstić information content (AvgIpc) is 3.51. The van der Waals surface area contributed by atoms with Crippen LogP contribution in [0.3, 0.4) is 0 Å². The van der Waals surface area contributed by atoms with Gasteiger partial charge in [-0.05, 0) is 53.8 Å². The Kier molecular flexibility index (Phi) is 6.40. The topological polar surface area (TPSA) is 141 Å². The number of nitrogens with zero attached hydrogens (tertiary/aromatic N) is 3. The number of pyridine rings is 1. The minimum absolute atomic E-state index is 0.263. The van der Waals surface area contributed by atoms with Crippen molar-refractivity contribution in [2.75, 3.05) is 22.1 Å². The van der Waals surface area contributed by atoms with E-state index in [2.05, 4.69) is 20.7 Å². The van der Waals surface area contributed by atoms with Gasteiger partial charge >= 0.3 is 6.03 Å². The normalized spacial score (nSPS) is 11.2. The van der Waals surface area contributed by atoms with Crippen LogP contribution < -0.4 is 22.1 Å². The van der Waals surface area contributed by atoms with E-state index in [0.29, 0.717) is 11.5 Å². The van der Waals surface area contributed by atoms with Crippen LogP contribution in [0.25, 0.3) is 27.3 Å². The molecule has 0 aliphatic heterocycles. The standard InChI is InChI=1S/C27H23N7O2S/c1-16-3-2-4-20(13-16)33-27(36)32-19-8-5-17(6-9-19)21-15-37-25-18(14-30-26(29)24(21)25)7-10-23(35)34-22(28)11-12-31-34/h2-15H,28H2,1H3,(H2,29,30)(H2,32,33,36)/b10-7+. The molecule has 0 spiro atoms. The molecule has 0 unspecified atom stereocenters. The van der Waals surface area contributed by atoms with Gasteiger partial charge in [-0.2, -0.15) is 9.78 Å². The Labute approximate surface area is 216 Å². The smallest absolute Gasteiger partial charge is 0.323 e. The Balaban J connectivity index is 1.36. The number of allylic oxidation sites excluding steroid dienone is 1. The fraction of sp³-hybridized carbons (Fsp3) is 0.0370. The minimum Gasteiger partial charge on any atom is -0.383 e. The lowest BCUT2D eigenvalue weighted by atomic mass is 10.0. The Hall–Kier alpha value is -4.96. The molecule has 3 aromatic heterocycles. The molecule has 3 heterocycles. The summed E-state index contributed by atoms with van der Waals surface area (Å²) >= 11 is 1.51. The third-order valence-electron chi connectivity index (χ3n) is 5.67. The molecule has 0 atom stereocenters. The fourth-order valence-electron chi connectivity index (χ4n) is 3.90. The summed E-state index contributed by atoms with van der Waals surface area (Å²) in [6.45, 7) is 1.97. The highest BCUT2D eigenvalue weighted by Gasteiger charge is 2.14. The van der Waals surface area contributed by atoms with Crippen molar-refractivity contribution in [2.24, 2.45) is 0 Å². The van der Waals surface area contributed by atoms with Gasteiger partial charge in [-0.3, -0.25) is 4.79 Å². The number of fused-ring (bicyclic) bond motifs is 1. The predicted octanol–water partition coefficient (Wildman–Crippen LogP) is 5.63. The summed E-state index contributed by atoms with van der Waals surface area (Å²) in [5.41, 5.74) is 17.0. The van der Waals surface area contributed by atoms with Gasteiger partial charge in [0.15, 0.2) is 0 Å². The maximum absolute atomic E-state index is 12.4. The van der Waals surface area contributed by atoms with Crippen molar-refractivity contribution in [1.82, 2.24) is 14.8 Å². The van der Waals surface area contributed by atoms with Crippen molar-refractivity contribution in [2.45, 2.75) is 6.92 Å². The molecule has 2 amide bonds. The van der Waals surface area contributed by atoms with Crippen LogP contribution in [0.2, 0.25) is 0 Å². The van der Waals surface area contributed by atoms with Crippen LogP contribution in [0.4, 0.5) is 27.8 Å². The second-order valence-corrected chi connectivity index (χ2v) is 9.20. The number of benzene rings is 2. The van der Waals surface area contributed by atoms with E-state index in [1.165, 1.54) is 23.6 Å². The number of nitrogens with two attached hydrogens (primary N) is 2. The monoisotopic (exact) mass is 509 g/mol. The van der Waals surface area contributed by atoms with Crippen LogP contribution in [-0.2, 0) is 0 Å². The number of rotatable bonds is 5. The molecular weight excluding hydrogens is 486 g/mol. The number of nitrogen functional groups attached to an aromatic ring is 2. The fourth-order valence-corrected chi connectivity index (χ4v) is 4.98. The summed E-state index contributed by atoms with van der Waals surface area (Å²) in [5, 5.41) is 12.4. The number of anilines is 4. The van der Waals surface area contributed by atoms with Gasteiger partial charge in [0, 0.05) is 50.9 Å². The van der Waals surface area contributed by atoms with Crippen LogP contribution in [0.15, 0.2) is 78.4 Å². The van der Waals surface area contributed by atoms with Gasteiger partial charge in [-0.1, -0.05) is 24.3 Å². The number of carbonyl (C=O) groups is 2. The van der Waals surface area contributed by atoms with Crippen molar-refractivity contribution in [3.63, 3.8) is 0 Å². The Bertz CT molecular complexity index is 1650. The van der Waals surface area contributed by atoms with Crippen molar-refractivity contribution in [1.29, 1.82) is 0 Å². The SMILES string of the molecule is Cc1cccc(NC(=O)Nc2ccc(-c3csc4c(/C=C/C(=O)n5nccc5N)cnc(N)c34)cc2)c1. The molecular formula is C27H23N7O2S. The van der Waals surface area contributed by atoms with Gasteiger partial charge in [0.05, 0.1) is 6.20 Å². The first-order chi connectivity index (χ1) is 17.9. The summed E-state index contributed by atoms with van der Waals surface area (Å²) in [6, 6.07) is 16.3. The quantitative estimate of drug-likeness (QED) is 0.226. The Morgan fingerprint density at radius 3 is 2.54 bits per heavy atom. The van der Waals surface area contributed by atoms with Gasteiger partial charge in [0.25, 0.3) is 5.91 Å². The molecule has 9 nitrogen and oxygen atoms in total. The lowest BCUT2D eigenvalue weighted by Crippen LogP contribution is -2.19. The van der Waals surface area contributed by atoms with E-state index in [0.717, 1.165) is 42.7 Å². The molecule has 37 heavy (non-hydrogen) atoms. The maximum atomic E-state index is 12.4. The number of hydrogen-bond donors (Lipinski definition) is 4. The van der Waals surface area contributed by atoms with E-state index in [4.69, 9.17) is 11.5 Å². The van der Waals surface area contributed by atoms with E-state index < -0.39 is 0 Å². The number of aromatic nitrogens is 3. The molecule has 5 rings (SSSR count). The summed E-state index contributed by atoms with van der Waals surface area (Å²) in [5.74, 6) is 0.295. The Morgan fingerprint density at radius 2 is 1.81 bits per heavy atom. The number of aryl methyl sites for hydroxylation is 1. The molecule has 5 aromatic rings. The molecule has 0 saturated carbocycles. The summed E-state index contributed by atoms with van der Waals surface area (Å²) < 4.78 is 2.02. The molecule has 0 radical (unpaired) electrons. The van der Waals surface area contributed by atoms with Crippen molar-refractivity contribution in [3.8, 4) is 11.1 Å². The highest BCUT2D eigenvalue weighted by Crippen LogP contribution is 2.39. The highest BCUT2D eigenvalue weighted by atomic mass is 32.1. The first kappa shape index (κ1) is 23.8. The van der Waals surface area contributed by atoms with Crippen molar-refractivity contribution >= 4 is 62.4 Å². The summed E-state index contributed by atoms with van der Waals surface area (Å²) in [7, 11) is 0. The number of thiophene rings is 1. The van der Waals surface area contributed by atoms with Crippen molar-refractivity contribution in [3.05, 3.63) is 89.6 Å². The van der Waals surface area contributed by atoms with Gasteiger partial charge in [-0.15, -0.1) is 11.3 Å². The van der Waals surface area contributed by atoms with E-state index in [-0.39, 0.29) is 17.8 Å². The minimum atomic E-state index is -0.362. The largest absolute Gasteiger partial charge is 0.383 e. The maximum Gasteiger partial charge on any atom is 0.323 e. The second kappa shape index (κ2) is 9.96. The van der Waals surface area contributed by atoms with E-state index in [1.807, 2.05) is 60.8 Å². The molecule has 0 aliphatic rings. The average molecular weight is 510 g/mol. The molecule has 0 saturated heterocycles. The van der Waals surface area contributed by atoms with Gasteiger partial charge in [-0.25, -0.2) is 9.78 Å². The zero-order chi connectivity index (χ0) is 25.9. The molecule has 184 valence electrons. The highest BCUT2D eigenvalue weighted by molar-refractivity contribution is 7.18. The number of hydrogen-bond acceptors (Lipinski definition) is 7.